The van der Waals surface area contributed by atoms with E-state index in [9.17, 15) is 9.59 Å². The van der Waals surface area contributed by atoms with Gasteiger partial charge in [0.05, 0.1) is 5.56 Å². The van der Waals surface area contributed by atoms with E-state index in [2.05, 4.69) is 33.0 Å². The zero-order valence-corrected chi connectivity index (χ0v) is 16.1. The lowest BCUT2D eigenvalue weighted by Crippen LogP contribution is -2.27. The van der Waals surface area contributed by atoms with Crippen LogP contribution < -0.4 is 11.1 Å². The number of thiophene rings is 1. The van der Waals surface area contributed by atoms with Gasteiger partial charge in [0.1, 0.15) is 5.00 Å². The fourth-order valence-corrected chi connectivity index (χ4v) is 4.75. The van der Waals surface area contributed by atoms with Crippen molar-refractivity contribution in [1.29, 1.82) is 0 Å². The lowest BCUT2D eigenvalue weighted by molar-refractivity contribution is -0.116. The molecular weight excluding hydrogens is 320 g/mol. The zero-order valence-electron chi connectivity index (χ0n) is 15.3. The monoisotopic (exact) mass is 350 g/mol. The van der Waals surface area contributed by atoms with Crippen LogP contribution in [0, 0.1) is 11.3 Å². The number of carbonyl (C=O) groups excluding carboxylic acids is 2. The Morgan fingerprint density at radius 2 is 2.00 bits per heavy atom. The summed E-state index contributed by atoms with van der Waals surface area (Å²) in [6.45, 7) is 8.91. The minimum absolute atomic E-state index is 0.0167. The average molecular weight is 351 g/mol. The quantitative estimate of drug-likeness (QED) is 0.741. The predicted molar refractivity (Wildman–Crippen MR) is 101 cm³/mol. The van der Waals surface area contributed by atoms with Crippen LogP contribution in [-0.2, 0) is 17.6 Å². The van der Waals surface area contributed by atoms with Crippen molar-refractivity contribution in [3.05, 3.63) is 16.0 Å². The number of fused-ring (bicyclic) bond motifs is 1. The Labute approximate surface area is 149 Å². The number of amides is 2. The first-order valence-electron chi connectivity index (χ1n) is 8.98. The van der Waals surface area contributed by atoms with Gasteiger partial charge in [-0.25, -0.2) is 0 Å². The Balaban J connectivity index is 2.20. The van der Waals surface area contributed by atoms with Gasteiger partial charge >= 0.3 is 0 Å². The Kier molecular flexibility index (Phi) is 6.07. The molecule has 3 N–H and O–H groups in total. The summed E-state index contributed by atoms with van der Waals surface area (Å²) in [6.07, 6.45) is 6.42. The van der Waals surface area contributed by atoms with Crippen LogP contribution in [0.1, 0.15) is 80.6 Å². The number of carbonyl (C=O) groups is 2. The Hall–Kier alpha value is -1.36. The third kappa shape index (κ3) is 4.38. The molecule has 1 heterocycles. The zero-order chi connectivity index (χ0) is 17.9. The van der Waals surface area contributed by atoms with Crippen molar-refractivity contribution < 1.29 is 9.59 Å². The third-order valence-electron chi connectivity index (χ3n) is 5.00. The number of nitrogens with two attached hydrogens (primary N) is 1. The minimum Gasteiger partial charge on any atom is -0.365 e. The van der Waals surface area contributed by atoms with E-state index in [1.54, 1.807) is 11.3 Å². The third-order valence-corrected chi connectivity index (χ3v) is 6.17. The van der Waals surface area contributed by atoms with Gasteiger partial charge in [0.15, 0.2) is 0 Å². The van der Waals surface area contributed by atoms with Crippen molar-refractivity contribution in [3.63, 3.8) is 0 Å². The molecule has 1 aromatic rings. The molecule has 1 aromatic heterocycles. The van der Waals surface area contributed by atoms with Gasteiger partial charge in [0.2, 0.25) is 5.91 Å². The molecule has 0 fully saturated rings. The van der Waals surface area contributed by atoms with Crippen molar-refractivity contribution >= 4 is 28.2 Å². The summed E-state index contributed by atoms with van der Waals surface area (Å²) in [5.74, 6) is 0.153. The highest BCUT2D eigenvalue weighted by Gasteiger charge is 2.33. The van der Waals surface area contributed by atoms with Crippen molar-refractivity contribution in [1.82, 2.24) is 0 Å². The van der Waals surface area contributed by atoms with Crippen LogP contribution >= 0.6 is 11.3 Å². The predicted octanol–water partition coefficient (Wildman–Crippen LogP) is 4.52. The number of unbranched alkanes of at least 4 members (excludes halogenated alkanes) is 2. The van der Waals surface area contributed by atoms with Gasteiger partial charge in [-0.15, -0.1) is 11.3 Å². The molecule has 1 aliphatic rings. The van der Waals surface area contributed by atoms with E-state index < -0.39 is 5.91 Å². The molecule has 1 aliphatic carbocycles. The van der Waals surface area contributed by atoms with Gasteiger partial charge < -0.3 is 11.1 Å². The second kappa shape index (κ2) is 7.68. The second-order valence-electron chi connectivity index (χ2n) is 7.88. The molecule has 0 spiro atoms. The average Bonchev–Trinajstić information content (AvgIpc) is 2.83. The molecule has 1 atom stereocenters. The number of nitrogens with one attached hydrogen (secondary N) is 1. The van der Waals surface area contributed by atoms with Gasteiger partial charge in [-0.2, -0.15) is 0 Å². The number of hydrogen-bond donors (Lipinski definition) is 2. The topological polar surface area (TPSA) is 72.2 Å². The van der Waals surface area contributed by atoms with Crippen LogP contribution in [0.4, 0.5) is 5.00 Å². The SMILES string of the molecule is CCCCCC(=O)Nc1sc2c(c1C(N)=O)CCC(C(C)(C)C)C2. The molecule has 0 aliphatic heterocycles. The minimum atomic E-state index is -0.425. The van der Waals surface area contributed by atoms with Crippen LogP contribution in [-0.4, -0.2) is 11.8 Å². The van der Waals surface area contributed by atoms with Crippen molar-refractivity contribution in [2.45, 2.75) is 72.6 Å². The summed E-state index contributed by atoms with van der Waals surface area (Å²) < 4.78 is 0. The van der Waals surface area contributed by atoms with Crippen LogP contribution in [0.2, 0.25) is 0 Å². The molecule has 5 heteroatoms. The molecule has 0 aromatic carbocycles. The van der Waals surface area contributed by atoms with Gasteiger partial charge in [0, 0.05) is 11.3 Å². The molecular formula is C19H30N2O2S. The normalized spacial score (nSPS) is 17.4. The highest BCUT2D eigenvalue weighted by molar-refractivity contribution is 7.17. The standard InChI is InChI=1S/C19H30N2O2S/c1-5-6-7-8-15(22)21-18-16(17(20)23)13-10-9-12(19(2,3)4)11-14(13)24-18/h12H,5-11H2,1-4H3,(H2,20,23)(H,21,22). The maximum Gasteiger partial charge on any atom is 0.251 e. The number of rotatable bonds is 6. The van der Waals surface area contributed by atoms with Gasteiger partial charge in [-0.3, -0.25) is 9.59 Å². The summed E-state index contributed by atoms with van der Waals surface area (Å²) in [4.78, 5) is 25.3. The highest BCUT2D eigenvalue weighted by atomic mass is 32.1. The molecule has 4 nitrogen and oxygen atoms in total. The molecule has 0 bridgehead atoms. The van der Waals surface area contributed by atoms with Gasteiger partial charge in [0.25, 0.3) is 5.91 Å². The Morgan fingerprint density at radius 1 is 1.29 bits per heavy atom. The first kappa shape index (κ1) is 19.0. The van der Waals surface area contributed by atoms with E-state index in [0.717, 1.165) is 44.1 Å². The van der Waals surface area contributed by atoms with Crippen LogP contribution in [0.25, 0.3) is 0 Å². The van der Waals surface area contributed by atoms with Crippen molar-refractivity contribution in [2.75, 3.05) is 5.32 Å². The van der Waals surface area contributed by atoms with E-state index >= 15 is 0 Å². The molecule has 0 saturated carbocycles. The fourth-order valence-electron chi connectivity index (χ4n) is 3.40. The maximum atomic E-state index is 12.1. The Morgan fingerprint density at radius 3 is 2.58 bits per heavy atom. The first-order chi connectivity index (χ1) is 11.2. The Bertz CT molecular complexity index is 614. The van der Waals surface area contributed by atoms with Gasteiger partial charge in [-0.05, 0) is 42.6 Å². The summed E-state index contributed by atoms with van der Waals surface area (Å²) >= 11 is 1.54. The molecule has 134 valence electrons. The van der Waals surface area contributed by atoms with E-state index in [4.69, 9.17) is 5.73 Å². The molecule has 0 saturated heterocycles. The van der Waals surface area contributed by atoms with Crippen molar-refractivity contribution in [2.24, 2.45) is 17.1 Å². The molecule has 24 heavy (non-hydrogen) atoms. The molecule has 1 unspecified atom stereocenters. The van der Waals surface area contributed by atoms with E-state index in [1.807, 2.05) is 0 Å². The smallest absolute Gasteiger partial charge is 0.251 e. The van der Waals surface area contributed by atoms with Crippen LogP contribution in [0.15, 0.2) is 0 Å². The number of hydrogen-bond acceptors (Lipinski definition) is 3. The summed E-state index contributed by atoms with van der Waals surface area (Å²) in [5, 5.41) is 3.60. The number of anilines is 1. The molecule has 2 amide bonds. The van der Waals surface area contributed by atoms with Gasteiger partial charge in [-0.1, -0.05) is 40.5 Å². The fraction of sp³-hybridized carbons (Fsp3) is 0.684. The highest BCUT2D eigenvalue weighted by Crippen LogP contribution is 2.44. The lowest BCUT2D eigenvalue weighted by atomic mass is 9.72. The number of primary amides is 1. The summed E-state index contributed by atoms with van der Waals surface area (Å²) in [7, 11) is 0. The largest absolute Gasteiger partial charge is 0.365 e. The lowest BCUT2D eigenvalue weighted by Gasteiger charge is -2.33. The van der Waals surface area contributed by atoms with Crippen LogP contribution in [0.5, 0.6) is 0 Å². The summed E-state index contributed by atoms with van der Waals surface area (Å²) in [5.41, 5.74) is 7.48. The first-order valence-corrected chi connectivity index (χ1v) is 9.79. The maximum absolute atomic E-state index is 12.1. The molecule has 0 radical (unpaired) electrons. The van der Waals surface area contributed by atoms with Crippen molar-refractivity contribution in [3.8, 4) is 0 Å². The second-order valence-corrected chi connectivity index (χ2v) is 8.99. The van der Waals surface area contributed by atoms with E-state index in [1.165, 1.54) is 4.88 Å². The molecule has 2 rings (SSSR count). The van der Waals surface area contributed by atoms with E-state index in [0.29, 0.717) is 22.9 Å². The summed E-state index contributed by atoms with van der Waals surface area (Å²) in [6, 6.07) is 0. The van der Waals surface area contributed by atoms with E-state index in [-0.39, 0.29) is 11.3 Å². The van der Waals surface area contributed by atoms with Crippen LogP contribution in [0.3, 0.4) is 0 Å².